The van der Waals surface area contributed by atoms with Crippen molar-refractivity contribution >= 4 is 0 Å². The Balaban J connectivity index is 2.31. The number of hydrogen-bond acceptors (Lipinski definition) is 1. The van der Waals surface area contributed by atoms with Crippen LogP contribution in [0.3, 0.4) is 0 Å². The predicted octanol–water partition coefficient (Wildman–Crippen LogP) is 4.79. The van der Waals surface area contributed by atoms with Crippen molar-refractivity contribution in [1.29, 1.82) is 0 Å². The minimum atomic E-state index is -0.141. The minimum absolute atomic E-state index is 0.0424. The summed E-state index contributed by atoms with van der Waals surface area (Å²) in [6.07, 6.45) is 2.25. The van der Waals surface area contributed by atoms with Crippen LogP contribution >= 0.6 is 0 Å². The summed E-state index contributed by atoms with van der Waals surface area (Å²) < 4.78 is 13.8. The van der Waals surface area contributed by atoms with Crippen LogP contribution < -0.4 is 5.32 Å². The molecule has 0 saturated heterocycles. The van der Waals surface area contributed by atoms with E-state index in [0.29, 0.717) is 5.56 Å². The molecule has 2 heteroatoms. The zero-order valence-electron chi connectivity index (χ0n) is 13.1. The van der Waals surface area contributed by atoms with Crippen LogP contribution in [-0.2, 0) is 6.42 Å². The van der Waals surface area contributed by atoms with Gasteiger partial charge in [0.2, 0.25) is 0 Å². The summed E-state index contributed by atoms with van der Waals surface area (Å²) in [7, 11) is 0. The van der Waals surface area contributed by atoms with Gasteiger partial charge in [-0.3, -0.25) is 0 Å². The second-order valence-electron chi connectivity index (χ2n) is 5.49. The van der Waals surface area contributed by atoms with E-state index >= 15 is 0 Å². The third-order valence-corrected chi connectivity index (χ3v) is 3.79. The average molecular weight is 285 g/mol. The van der Waals surface area contributed by atoms with Gasteiger partial charge >= 0.3 is 0 Å². The van der Waals surface area contributed by atoms with Crippen molar-refractivity contribution < 1.29 is 4.39 Å². The van der Waals surface area contributed by atoms with Gasteiger partial charge in [-0.15, -0.1) is 0 Å². The lowest BCUT2D eigenvalue weighted by Crippen LogP contribution is -2.22. The first-order chi connectivity index (χ1) is 10.2. The lowest BCUT2D eigenvalue weighted by Gasteiger charge is -2.20. The third-order valence-electron chi connectivity index (χ3n) is 3.79. The lowest BCUT2D eigenvalue weighted by atomic mass is 9.96. The van der Waals surface area contributed by atoms with E-state index in [2.05, 4.69) is 43.4 Å². The van der Waals surface area contributed by atoms with E-state index in [1.165, 1.54) is 11.1 Å². The van der Waals surface area contributed by atoms with Crippen molar-refractivity contribution in [3.05, 3.63) is 70.5 Å². The first kappa shape index (κ1) is 15.7. The summed E-state index contributed by atoms with van der Waals surface area (Å²) in [4.78, 5) is 0. The molecule has 1 nitrogen and oxygen atoms in total. The molecule has 0 fully saturated rings. The maximum atomic E-state index is 13.8. The summed E-state index contributed by atoms with van der Waals surface area (Å²) in [5, 5.41) is 3.45. The minimum Gasteiger partial charge on any atom is -0.307 e. The third kappa shape index (κ3) is 3.92. The van der Waals surface area contributed by atoms with Gasteiger partial charge in [0, 0.05) is 0 Å². The van der Waals surface area contributed by atoms with Crippen LogP contribution in [0.15, 0.2) is 42.5 Å². The van der Waals surface area contributed by atoms with E-state index in [-0.39, 0.29) is 11.9 Å². The van der Waals surface area contributed by atoms with Crippen molar-refractivity contribution in [1.82, 2.24) is 5.32 Å². The summed E-state index contributed by atoms with van der Waals surface area (Å²) in [5.74, 6) is -0.141. The molecule has 0 aliphatic carbocycles. The van der Waals surface area contributed by atoms with Crippen LogP contribution in [0.1, 0.15) is 48.6 Å². The fourth-order valence-corrected chi connectivity index (χ4v) is 2.59. The molecule has 0 spiro atoms. The fourth-order valence-electron chi connectivity index (χ4n) is 2.59. The molecular weight excluding hydrogens is 261 g/mol. The van der Waals surface area contributed by atoms with Gasteiger partial charge in [0.1, 0.15) is 5.82 Å². The largest absolute Gasteiger partial charge is 0.307 e. The molecule has 0 aliphatic rings. The Kier molecular flexibility index (Phi) is 5.51. The highest BCUT2D eigenvalue weighted by Crippen LogP contribution is 2.24. The van der Waals surface area contributed by atoms with Gasteiger partial charge < -0.3 is 5.32 Å². The first-order valence-corrected chi connectivity index (χ1v) is 7.74. The molecule has 2 aromatic carbocycles. The number of hydrogen-bond donors (Lipinski definition) is 1. The van der Waals surface area contributed by atoms with E-state index in [4.69, 9.17) is 0 Å². The molecule has 1 atom stereocenters. The fraction of sp³-hybridized carbons (Fsp3) is 0.368. The highest BCUT2D eigenvalue weighted by molar-refractivity contribution is 5.35. The molecule has 0 aromatic heterocycles. The number of rotatable bonds is 6. The zero-order valence-corrected chi connectivity index (χ0v) is 13.1. The zero-order chi connectivity index (χ0) is 15.2. The highest BCUT2D eigenvalue weighted by Gasteiger charge is 2.14. The molecule has 0 heterocycles. The number of benzene rings is 2. The summed E-state index contributed by atoms with van der Waals surface area (Å²) in [6, 6.07) is 14.2. The van der Waals surface area contributed by atoms with Crippen LogP contribution in [0.5, 0.6) is 0 Å². The van der Waals surface area contributed by atoms with Crippen LogP contribution in [0.2, 0.25) is 0 Å². The molecular formula is C19H24FN. The lowest BCUT2D eigenvalue weighted by molar-refractivity contribution is 0.597. The molecule has 1 N–H and O–H groups in total. The summed E-state index contributed by atoms with van der Waals surface area (Å²) in [6.45, 7) is 6.89. The van der Waals surface area contributed by atoms with E-state index in [1.807, 2.05) is 12.1 Å². The van der Waals surface area contributed by atoms with Crippen LogP contribution in [-0.4, -0.2) is 6.54 Å². The van der Waals surface area contributed by atoms with E-state index < -0.39 is 0 Å². The Morgan fingerprint density at radius 3 is 2.24 bits per heavy atom. The van der Waals surface area contributed by atoms with E-state index in [1.54, 1.807) is 13.0 Å². The Morgan fingerprint density at radius 2 is 1.67 bits per heavy atom. The molecule has 0 aliphatic heterocycles. The highest BCUT2D eigenvalue weighted by atomic mass is 19.1. The molecule has 0 saturated carbocycles. The molecule has 2 aromatic rings. The second-order valence-corrected chi connectivity index (χ2v) is 5.49. The van der Waals surface area contributed by atoms with Gasteiger partial charge in [-0.1, -0.05) is 56.7 Å². The molecule has 0 bridgehead atoms. The Bertz CT molecular complexity index is 575. The molecule has 1 unspecified atom stereocenters. The van der Waals surface area contributed by atoms with Crippen molar-refractivity contribution in [2.24, 2.45) is 0 Å². The normalized spacial score (nSPS) is 12.4. The summed E-state index contributed by atoms with van der Waals surface area (Å²) >= 11 is 0. The van der Waals surface area contributed by atoms with Gasteiger partial charge in [-0.05, 0) is 48.2 Å². The topological polar surface area (TPSA) is 12.0 Å². The van der Waals surface area contributed by atoms with Gasteiger partial charge in [0.15, 0.2) is 0 Å². The molecule has 2 rings (SSSR count). The Hall–Kier alpha value is -1.67. The van der Waals surface area contributed by atoms with Crippen LogP contribution in [0.4, 0.5) is 4.39 Å². The smallest absolute Gasteiger partial charge is 0.126 e. The monoisotopic (exact) mass is 285 g/mol. The summed E-state index contributed by atoms with van der Waals surface area (Å²) in [5.41, 5.74) is 4.20. The van der Waals surface area contributed by atoms with Crippen molar-refractivity contribution in [2.45, 2.75) is 39.7 Å². The number of halogens is 1. The molecule has 21 heavy (non-hydrogen) atoms. The molecule has 112 valence electrons. The Labute approximate surface area is 127 Å². The van der Waals surface area contributed by atoms with Gasteiger partial charge in [0.05, 0.1) is 6.04 Å². The van der Waals surface area contributed by atoms with Gasteiger partial charge in [-0.25, -0.2) is 4.39 Å². The molecule has 0 radical (unpaired) electrons. The Morgan fingerprint density at radius 1 is 1.00 bits per heavy atom. The number of aryl methyl sites for hydroxylation is 2. The first-order valence-electron chi connectivity index (χ1n) is 7.74. The maximum Gasteiger partial charge on any atom is 0.126 e. The quantitative estimate of drug-likeness (QED) is 0.805. The van der Waals surface area contributed by atoms with Crippen molar-refractivity contribution in [2.75, 3.05) is 6.54 Å². The van der Waals surface area contributed by atoms with E-state index in [9.17, 15) is 4.39 Å². The second kappa shape index (κ2) is 7.37. The standard InChI is InChI=1S/C19H24FN/c1-4-6-15-8-11-16(12-9-15)19(21-5-2)17-10-7-14(3)18(20)13-17/h7-13,19,21H,4-6H2,1-3H3. The average Bonchev–Trinajstić information content (AvgIpc) is 2.49. The van der Waals surface area contributed by atoms with Crippen molar-refractivity contribution in [3.63, 3.8) is 0 Å². The van der Waals surface area contributed by atoms with Gasteiger partial charge in [-0.2, -0.15) is 0 Å². The van der Waals surface area contributed by atoms with Gasteiger partial charge in [0.25, 0.3) is 0 Å². The van der Waals surface area contributed by atoms with Crippen LogP contribution in [0, 0.1) is 12.7 Å². The van der Waals surface area contributed by atoms with Crippen molar-refractivity contribution in [3.8, 4) is 0 Å². The maximum absolute atomic E-state index is 13.8. The van der Waals surface area contributed by atoms with Crippen LogP contribution in [0.25, 0.3) is 0 Å². The predicted molar refractivity (Wildman–Crippen MR) is 87.1 cm³/mol. The van der Waals surface area contributed by atoms with E-state index in [0.717, 1.165) is 24.9 Å². The molecule has 0 amide bonds. The SMILES string of the molecule is CCCc1ccc(C(NCC)c2ccc(C)c(F)c2)cc1. The number of nitrogens with one attached hydrogen (secondary N) is 1.